The largest absolute Gasteiger partial charge is 0.507 e. The Balaban J connectivity index is 1.68. The summed E-state index contributed by atoms with van der Waals surface area (Å²) in [6.45, 7) is 4.48. The third-order valence-electron chi connectivity index (χ3n) is 6.10. The lowest BCUT2D eigenvalue weighted by atomic mass is 9.95. The first-order valence-corrected chi connectivity index (χ1v) is 13.2. The molecule has 2 heterocycles. The van der Waals surface area contributed by atoms with Crippen LogP contribution in [-0.2, 0) is 16.0 Å². The number of hydrogen-bond acceptors (Lipinski definition) is 6. The molecule has 1 atom stereocenters. The number of ketones is 1. The molecular weight excluding hydrogens is 540 g/mol. The number of aliphatic hydroxyl groups is 1. The van der Waals surface area contributed by atoms with Gasteiger partial charge in [-0.2, -0.15) is 0 Å². The molecule has 0 spiro atoms. The summed E-state index contributed by atoms with van der Waals surface area (Å²) < 4.78 is 7.22. The highest BCUT2D eigenvalue weighted by Crippen LogP contribution is 2.44. The topological polar surface area (TPSA) is 79.7 Å². The summed E-state index contributed by atoms with van der Waals surface area (Å²) in [6, 6.07) is 19.3. The summed E-state index contributed by atoms with van der Waals surface area (Å²) in [5, 5.41) is 11.7. The summed E-state index contributed by atoms with van der Waals surface area (Å²) in [7, 11) is 0. The SMILES string of the molecule is CCOc1ccc(/C(O)=C2\C(=O)C(=O)N(c3nc4ccc(CC)cc4s3)C2c2cccc(Br)c2)cc1. The Bertz CT molecular complexity index is 1510. The number of benzene rings is 3. The fourth-order valence-electron chi connectivity index (χ4n) is 4.33. The van der Waals surface area contributed by atoms with Gasteiger partial charge in [0, 0.05) is 10.0 Å². The molecule has 5 rings (SSSR count). The van der Waals surface area contributed by atoms with E-state index >= 15 is 0 Å². The molecule has 0 radical (unpaired) electrons. The second-order valence-electron chi connectivity index (χ2n) is 8.33. The minimum Gasteiger partial charge on any atom is -0.507 e. The van der Waals surface area contributed by atoms with Crippen LogP contribution < -0.4 is 9.64 Å². The zero-order valence-electron chi connectivity index (χ0n) is 19.7. The molecule has 0 saturated carbocycles. The number of halogens is 1. The zero-order valence-corrected chi connectivity index (χ0v) is 22.1. The maximum Gasteiger partial charge on any atom is 0.301 e. The molecule has 1 aromatic heterocycles. The van der Waals surface area contributed by atoms with Gasteiger partial charge in [0.05, 0.1) is 28.4 Å². The second-order valence-corrected chi connectivity index (χ2v) is 10.3. The van der Waals surface area contributed by atoms with Gasteiger partial charge >= 0.3 is 5.91 Å². The fraction of sp³-hybridized carbons (Fsp3) is 0.179. The number of aromatic nitrogens is 1. The predicted octanol–water partition coefficient (Wildman–Crippen LogP) is 6.65. The molecule has 1 saturated heterocycles. The van der Waals surface area contributed by atoms with Crippen LogP contribution in [0.25, 0.3) is 16.0 Å². The van der Waals surface area contributed by atoms with Gasteiger partial charge in [-0.3, -0.25) is 14.5 Å². The van der Waals surface area contributed by atoms with Crippen LogP contribution >= 0.6 is 27.3 Å². The average Bonchev–Trinajstić information content (AvgIpc) is 3.42. The first kappa shape index (κ1) is 24.2. The van der Waals surface area contributed by atoms with Gasteiger partial charge in [-0.25, -0.2) is 4.98 Å². The molecule has 182 valence electrons. The van der Waals surface area contributed by atoms with Crippen molar-refractivity contribution in [2.24, 2.45) is 0 Å². The van der Waals surface area contributed by atoms with E-state index in [0.29, 0.717) is 28.6 Å². The highest BCUT2D eigenvalue weighted by atomic mass is 79.9. The molecule has 6 nitrogen and oxygen atoms in total. The number of amides is 1. The lowest BCUT2D eigenvalue weighted by Gasteiger charge is -2.23. The Morgan fingerprint density at radius 2 is 1.86 bits per heavy atom. The van der Waals surface area contributed by atoms with Crippen molar-refractivity contribution >= 4 is 60.1 Å². The Hall–Kier alpha value is -3.49. The van der Waals surface area contributed by atoms with Gasteiger partial charge in [0.15, 0.2) is 5.13 Å². The quantitative estimate of drug-likeness (QED) is 0.162. The highest BCUT2D eigenvalue weighted by molar-refractivity contribution is 9.10. The molecule has 1 N–H and O–H groups in total. The molecule has 1 amide bonds. The minimum absolute atomic E-state index is 0.0239. The van der Waals surface area contributed by atoms with Crippen LogP contribution in [0.15, 0.2) is 76.8 Å². The summed E-state index contributed by atoms with van der Waals surface area (Å²) >= 11 is 4.85. The van der Waals surface area contributed by atoms with Crippen molar-refractivity contribution in [2.75, 3.05) is 11.5 Å². The number of anilines is 1. The number of fused-ring (bicyclic) bond motifs is 1. The normalized spacial score (nSPS) is 17.2. The van der Waals surface area contributed by atoms with Gasteiger partial charge in [0.1, 0.15) is 11.5 Å². The van der Waals surface area contributed by atoms with E-state index in [0.717, 1.165) is 21.1 Å². The molecule has 0 aliphatic carbocycles. The molecule has 0 bridgehead atoms. The van der Waals surface area contributed by atoms with Gasteiger partial charge in [-0.1, -0.05) is 52.4 Å². The van der Waals surface area contributed by atoms with E-state index in [9.17, 15) is 14.7 Å². The summed E-state index contributed by atoms with van der Waals surface area (Å²) in [4.78, 5) is 32.9. The number of aryl methyl sites for hydroxylation is 1. The molecule has 8 heteroatoms. The predicted molar refractivity (Wildman–Crippen MR) is 146 cm³/mol. The number of Topliss-reactive ketones (excluding diaryl/α,β-unsaturated/α-hetero) is 1. The van der Waals surface area contributed by atoms with Crippen molar-refractivity contribution in [3.05, 3.63) is 93.5 Å². The molecule has 36 heavy (non-hydrogen) atoms. The van der Waals surface area contributed by atoms with E-state index in [1.165, 1.54) is 21.8 Å². The number of thiazole rings is 1. The summed E-state index contributed by atoms with van der Waals surface area (Å²) in [5.74, 6) is -1.06. The van der Waals surface area contributed by atoms with Gasteiger partial charge in [0.25, 0.3) is 5.78 Å². The van der Waals surface area contributed by atoms with Crippen molar-refractivity contribution < 1.29 is 19.4 Å². The lowest BCUT2D eigenvalue weighted by molar-refractivity contribution is -0.132. The number of aliphatic hydroxyl groups excluding tert-OH is 1. The van der Waals surface area contributed by atoms with Gasteiger partial charge < -0.3 is 9.84 Å². The number of rotatable bonds is 6. The van der Waals surface area contributed by atoms with Crippen LogP contribution in [0.3, 0.4) is 0 Å². The second kappa shape index (κ2) is 9.87. The van der Waals surface area contributed by atoms with E-state index in [4.69, 9.17) is 9.72 Å². The van der Waals surface area contributed by atoms with Gasteiger partial charge in [-0.05, 0) is 73.0 Å². The Morgan fingerprint density at radius 1 is 1.08 bits per heavy atom. The number of hydrogen-bond donors (Lipinski definition) is 1. The van der Waals surface area contributed by atoms with E-state index in [1.54, 1.807) is 24.3 Å². The summed E-state index contributed by atoms with van der Waals surface area (Å²) in [6.07, 6.45) is 0.883. The van der Waals surface area contributed by atoms with E-state index in [2.05, 4.69) is 28.9 Å². The number of carbonyl (C=O) groups excluding carboxylic acids is 2. The van der Waals surface area contributed by atoms with Crippen molar-refractivity contribution in [1.82, 2.24) is 4.98 Å². The molecule has 4 aromatic rings. The van der Waals surface area contributed by atoms with E-state index < -0.39 is 17.7 Å². The Morgan fingerprint density at radius 3 is 2.56 bits per heavy atom. The maximum atomic E-state index is 13.4. The van der Waals surface area contributed by atoms with Crippen molar-refractivity contribution in [1.29, 1.82) is 0 Å². The Kier molecular flexibility index (Phi) is 6.64. The van der Waals surface area contributed by atoms with Crippen LogP contribution in [0.4, 0.5) is 5.13 Å². The minimum atomic E-state index is -0.833. The smallest absolute Gasteiger partial charge is 0.301 e. The lowest BCUT2D eigenvalue weighted by Crippen LogP contribution is -2.29. The molecule has 1 fully saturated rings. The molecule has 1 aliphatic heterocycles. The third kappa shape index (κ3) is 4.31. The summed E-state index contributed by atoms with van der Waals surface area (Å²) in [5.41, 5.74) is 3.06. The van der Waals surface area contributed by atoms with Crippen LogP contribution in [0.2, 0.25) is 0 Å². The van der Waals surface area contributed by atoms with Crippen molar-refractivity contribution in [2.45, 2.75) is 26.3 Å². The molecular formula is C28H23BrN2O4S. The van der Waals surface area contributed by atoms with Crippen molar-refractivity contribution in [3.63, 3.8) is 0 Å². The number of carbonyl (C=O) groups is 2. The van der Waals surface area contributed by atoms with Crippen LogP contribution in [0.5, 0.6) is 5.75 Å². The fourth-order valence-corrected chi connectivity index (χ4v) is 5.81. The van der Waals surface area contributed by atoms with Gasteiger partial charge in [0.2, 0.25) is 0 Å². The number of ether oxygens (including phenoxy) is 1. The molecule has 3 aromatic carbocycles. The van der Waals surface area contributed by atoms with Crippen LogP contribution in [0.1, 0.15) is 36.6 Å². The van der Waals surface area contributed by atoms with Crippen molar-refractivity contribution in [3.8, 4) is 5.75 Å². The standard InChI is InChI=1S/C28H23BrN2O4S/c1-3-16-8-13-21-22(14-16)36-28(30-21)31-24(18-6-5-7-19(29)15-18)23(26(33)27(31)34)25(32)17-9-11-20(12-10-17)35-4-2/h5-15,24,32H,3-4H2,1-2H3/b25-23+. The van der Waals surface area contributed by atoms with E-state index in [-0.39, 0.29) is 11.3 Å². The van der Waals surface area contributed by atoms with Gasteiger partial charge in [-0.15, -0.1) is 0 Å². The zero-order chi connectivity index (χ0) is 25.4. The van der Waals surface area contributed by atoms with Crippen LogP contribution in [-0.4, -0.2) is 28.4 Å². The Labute approximate surface area is 221 Å². The highest BCUT2D eigenvalue weighted by Gasteiger charge is 2.48. The molecule has 1 unspecified atom stereocenters. The van der Waals surface area contributed by atoms with Crippen LogP contribution in [0, 0.1) is 0 Å². The first-order valence-electron chi connectivity index (χ1n) is 11.6. The monoisotopic (exact) mass is 562 g/mol. The third-order valence-corrected chi connectivity index (χ3v) is 7.61. The molecule has 1 aliphatic rings. The maximum absolute atomic E-state index is 13.4. The number of nitrogens with zero attached hydrogens (tertiary/aromatic N) is 2. The first-order chi connectivity index (χ1) is 17.4. The van der Waals surface area contributed by atoms with E-state index in [1.807, 2.05) is 43.3 Å². The average molecular weight is 563 g/mol.